The van der Waals surface area contributed by atoms with Gasteiger partial charge >= 0.3 is 5.97 Å². The van der Waals surface area contributed by atoms with Crippen molar-refractivity contribution in [3.8, 4) is 0 Å². The number of allylic oxidation sites excluding steroid dienone is 1. The Kier molecular flexibility index (Phi) is 51.0. The molecule has 0 aliphatic heterocycles. The average molecular weight is 876 g/mol. The van der Waals surface area contributed by atoms with Gasteiger partial charge in [-0.25, -0.2) is 0 Å². The van der Waals surface area contributed by atoms with Crippen molar-refractivity contribution in [2.24, 2.45) is 0 Å². The number of rotatable bonds is 52. The van der Waals surface area contributed by atoms with Gasteiger partial charge in [-0.1, -0.05) is 276 Å². The fraction of sp³-hybridized carbons (Fsp3) is 0.929. The topological polar surface area (TPSA) is 95.9 Å². The minimum Gasteiger partial charge on any atom is -0.466 e. The van der Waals surface area contributed by atoms with E-state index in [1.165, 1.54) is 225 Å². The van der Waals surface area contributed by atoms with Gasteiger partial charge < -0.3 is 20.3 Å². The molecule has 62 heavy (non-hydrogen) atoms. The summed E-state index contributed by atoms with van der Waals surface area (Å²) in [6, 6.07) is -0.641. The van der Waals surface area contributed by atoms with Gasteiger partial charge in [0.1, 0.15) is 0 Å². The second kappa shape index (κ2) is 52.2. The van der Waals surface area contributed by atoms with Gasteiger partial charge in [0.2, 0.25) is 5.91 Å². The first-order valence-corrected chi connectivity index (χ1v) is 28.0. The molecule has 0 bridgehead atoms. The largest absolute Gasteiger partial charge is 0.466 e. The maximum Gasteiger partial charge on any atom is 0.305 e. The maximum atomic E-state index is 12.5. The van der Waals surface area contributed by atoms with Crippen molar-refractivity contribution in [3.63, 3.8) is 0 Å². The molecule has 3 N–H and O–H groups in total. The van der Waals surface area contributed by atoms with Gasteiger partial charge in [-0.3, -0.25) is 9.59 Å². The molecular formula is C56H109NO5. The second-order valence-corrected chi connectivity index (χ2v) is 19.3. The Bertz CT molecular complexity index is 924. The zero-order valence-corrected chi connectivity index (χ0v) is 41.9. The second-order valence-electron chi connectivity index (χ2n) is 19.3. The van der Waals surface area contributed by atoms with E-state index < -0.39 is 12.1 Å². The SMILES string of the molecule is CCCCCCCCCCCCCCCCCCCCC/C=C/C(O)C(CO)NC(=O)CCCCCCCCCCCCCOC(=O)CCCCCCCCCCCCCCC. The molecule has 0 radical (unpaired) electrons. The molecule has 368 valence electrons. The highest BCUT2D eigenvalue weighted by Gasteiger charge is 2.18. The zero-order chi connectivity index (χ0) is 45.1. The van der Waals surface area contributed by atoms with Gasteiger partial charge in [-0.2, -0.15) is 0 Å². The first-order valence-electron chi connectivity index (χ1n) is 28.0. The summed E-state index contributed by atoms with van der Waals surface area (Å²) >= 11 is 0. The predicted octanol–water partition coefficient (Wildman–Crippen LogP) is 16.9. The molecule has 6 nitrogen and oxygen atoms in total. The molecule has 0 aromatic carbocycles. The molecule has 0 aromatic heterocycles. The zero-order valence-electron chi connectivity index (χ0n) is 41.9. The van der Waals surface area contributed by atoms with Crippen molar-refractivity contribution in [1.82, 2.24) is 5.32 Å². The van der Waals surface area contributed by atoms with Gasteiger partial charge in [-0.15, -0.1) is 0 Å². The summed E-state index contributed by atoms with van der Waals surface area (Å²) in [6.45, 7) is 4.88. The molecule has 0 fully saturated rings. The molecule has 0 aliphatic rings. The Morgan fingerprint density at radius 1 is 0.435 bits per heavy atom. The Morgan fingerprint density at radius 2 is 0.742 bits per heavy atom. The van der Waals surface area contributed by atoms with E-state index >= 15 is 0 Å². The number of ether oxygens (including phenoxy) is 1. The van der Waals surface area contributed by atoms with Crippen molar-refractivity contribution in [1.29, 1.82) is 0 Å². The van der Waals surface area contributed by atoms with Crippen LogP contribution < -0.4 is 5.32 Å². The van der Waals surface area contributed by atoms with E-state index in [2.05, 4.69) is 19.2 Å². The van der Waals surface area contributed by atoms with Gasteiger partial charge in [0.25, 0.3) is 0 Å². The Hall–Kier alpha value is -1.40. The van der Waals surface area contributed by atoms with Gasteiger partial charge in [0.15, 0.2) is 0 Å². The first kappa shape index (κ1) is 60.6. The molecule has 0 heterocycles. The van der Waals surface area contributed by atoms with Crippen LogP contribution in [-0.4, -0.2) is 47.4 Å². The Balaban J connectivity index is 3.49. The van der Waals surface area contributed by atoms with Crippen LogP contribution in [0.5, 0.6) is 0 Å². The van der Waals surface area contributed by atoms with Crippen LogP contribution in [0.4, 0.5) is 0 Å². The van der Waals surface area contributed by atoms with E-state index in [0.717, 1.165) is 57.8 Å². The summed E-state index contributed by atoms with van der Waals surface area (Å²) in [5.74, 6) is -0.0966. The van der Waals surface area contributed by atoms with E-state index in [1.54, 1.807) is 6.08 Å². The molecule has 2 unspecified atom stereocenters. The molecule has 1 amide bonds. The number of amides is 1. The highest BCUT2D eigenvalue weighted by atomic mass is 16.5. The predicted molar refractivity (Wildman–Crippen MR) is 269 cm³/mol. The van der Waals surface area contributed by atoms with Crippen molar-refractivity contribution in [2.45, 2.75) is 321 Å². The van der Waals surface area contributed by atoms with Crippen molar-refractivity contribution < 1.29 is 24.5 Å². The summed E-state index contributed by atoms with van der Waals surface area (Å²) in [5, 5.41) is 23.1. The van der Waals surface area contributed by atoms with Crippen LogP contribution in [0.25, 0.3) is 0 Å². The smallest absolute Gasteiger partial charge is 0.305 e. The van der Waals surface area contributed by atoms with Gasteiger partial charge in [0.05, 0.1) is 25.4 Å². The third kappa shape index (κ3) is 48.1. The van der Waals surface area contributed by atoms with Gasteiger partial charge in [0, 0.05) is 12.8 Å². The van der Waals surface area contributed by atoms with Crippen LogP contribution in [0.15, 0.2) is 12.2 Å². The lowest BCUT2D eigenvalue weighted by Crippen LogP contribution is -2.45. The molecule has 0 aromatic rings. The van der Waals surface area contributed by atoms with E-state index in [4.69, 9.17) is 4.74 Å². The number of esters is 1. The highest BCUT2D eigenvalue weighted by Crippen LogP contribution is 2.17. The average Bonchev–Trinajstić information content (AvgIpc) is 3.27. The van der Waals surface area contributed by atoms with E-state index in [1.807, 2.05) is 6.08 Å². The summed E-state index contributed by atoms with van der Waals surface area (Å²) in [6.07, 6.45) is 60.8. The van der Waals surface area contributed by atoms with Gasteiger partial charge in [-0.05, 0) is 32.1 Å². The van der Waals surface area contributed by atoms with Crippen LogP contribution in [-0.2, 0) is 14.3 Å². The molecule has 0 rings (SSSR count). The van der Waals surface area contributed by atoms with Crippen LogP contribution in [0.3, 0.4) is 0 Å². The monoisotopic (exact) mass is 876 g/mol. The lowest BCUT2D eigenvalue weighted by atomic mass is 10.0. The highest BCUT2D eigenvalue weighted by molar-refractivity contribution is 5.76. The number of carbonyl (C=O) groups is 2. The number of nitrogens with one attached hydrogen (secondary N) is 1. The third-order valence-corrected chi connectivity index (χ3v) is 13.1. The molecule has 2 atom stereocenters. The normalized spacial score (nSPS) is 12.6. The maximum absolute atomic E-state index is 12.5. The van der Waals surface area contributed by atoms with Crippen molar-refractivity contribution in [2.75, 3.05) is 13.2 Å². The standard InChI is InChI=1S/C56H109NO5/c1-3-5-7-9-11-13-15-17-18-19-20-21-22-23-24-26-28-32-36-40-44-48-54(59)53(52-58)57-55(60)49-45-41-37-33-29-27-31-35-39-43-47-51-62-56(61)50-46-42-38-34-30-25-16-14-12-10-8-6-4-2/h44,48,53-54,58-59H,3-43,45-47,49-52H2,1-2H3,(H,57,60)/b48-44+. The molecule has 0 saturated carbocycles. The molecule has 0 spiro atoms. The van der Waals surface area contributed by atoms with E-state index in [9.17, 15) is 19.8 Å². The Morgan fingerprint density at radius 3 is 1.10 bits per heavy atom. The van der Waals surface area contributed by atoms with E-state index in [-0.39, 0.29) is 18.5 Å². The van der Waals surface area contributed by atoms with Crippen LogP contribution in [0, 0.1) is 0 Å². The summed E-state index contributed by atoms with van der Waals surface area (Å²) < 4.78 is 5.46. The lowest BCUT2D eigenvalue weighted by molar-refractivity contribution is -0.143. The number of aliphatic hydroxyl groups is 2. The quantitative estimate of drug-likeness (QED) is 0.0321. The number of aliphatic hydroxyl groups excluding tert-OH is 2. The number of unbranched alkanes of at least 4 members (excludes halogenated alkanes) is 41. The minimum absolute atomic E-state index is 0.0131. The van der Waals surface area contributed by atoms with Crippen LogP contribution in [0.1, 0.15) is 309 Å². The lowest BCUT2D eigenvalue weighted by Gasteiger charge is -2.20. The van der Waals surface area contributed by atoms with E-state index in [0.29, 0.717) is 19.4 Å². The summed E-state index contributed by atoms with van der Waals surface area (Å²) in [4.78, 5) is 24.5. The minimum atomic E-state index is -0.856. The number of hydrogen-bond acceptors (Lipinski definition) is 5. The molecule has 0 aliphatic carbocycles. The fourth-order valence-electron chi connectivity index (χ4n) is 8.75. The van der Waals surface area contributed by atoms with Crippen molar-refractivity contribution >= 4 is 11.9 Å². The molecular weight excluding hydrogens is 767 g/mol. The van der Waals surface area contributed by atoms with Crippen LogP contribution in [0.2, 0.25) is 0 Å². The number of carbonyl (C=O) groups excluding carboxylic acids is 2. The number of hydrogen-bond donors (Lipinski definition) is 3. The third-order valence-electron chi connectivity index (χ3n) is 13.1. The molecule has 6 heteroatoms. The molecule has 0 saturated heterocycles. The Labute approximate surface area is 387 Å². The van der Waals surface area contributed by atoms with Crippen LogP contribution >= 0.6 is 0 Å². The fourth-order valence-corrected chi connectivity index (χ4v) is 8.75. The first-order chi connectivity index (χ1) is 30.5. The van der Waals surface area contributed by atoms with Crippen molar-refractivity contribution in [3.05, 3.63) is 12.2 Å². The summed E-state index contributed by atoms with van der Waals surface area (Å²) in [7, 11) is 0. The summed E-state index contributed by atoms with van der Waals surface area (Å²) in [5.41, 5.74) is 0.